The summed E-state index contributed by atoms with van der Waals surface area (Å²) in [6, 6.07) is 10.3. The molecule has 1 N–H and O–H groups in total. The molecule has 1 unspecified atom stereocenters. The number of nitrogens with zero attached hydrogens (tertiary/aromatic N) is 4. The van der Waals surface area contributed by atoms with E-state index >= 15 is 0 Å². The molecule has 29 heavy (non-hydrogen) atoms. The molecule has 0 bridgehead atoms. The Hall–Kier alpha value is -2.41. The zero-order valence-electron chi connectivity index (χ0n) is 18.0. The molecule has 2 heterocycles. The van der Waals surface area contributed by atoms with E-state index in [2.05, 4.69) is 60.2 Å². The minimum Gasteiger partial charge on any atom is -0.376 e. The first-order valence-electron chi connectivity index (χ1n) is 10.4. The van der Waals surface area contributed by atoms with Gasteiger partial charge in [0.15, 0.2) is 11.8 Å². The number of nitrogens with one attached hydrogen (secondary N) is 1. The van der Waals surface area contributed by atoms with Crippen LogP contribution in [0.3, 0.4) is 0 Å². The molecule has 1 saturated heterocycles. The van der Waals surface area contributed by atoms with Gasteiger partial charge in [-0.15, -0.1) is 0 Å². The van der Waals surface area contributed by atoms with Gasteiger partial charge in [0, 0.05) is 31.0 Å². The molecule has 2 aromatic rings. The SMILES string of the molecule is CCNC(=NCc1noc(C(C)(C)C)n1)N1CCC(COCc2ccccc2)C1. The summed E-state index contributed by atoms with van der Waals surface area (Å²) in [4.78, 5) is 11.5. The molecular weight excluding hydrogens is 366 g/mol. The van der Waals surface area contributed by atoms with Crippen LogP contribution in [0.4, 0.5) is 0 Å². The second kappa shape index (κ2) is 9.87. The predicted octanol–water partition coefficient (Wildman–Crippen LogP) is 3.37. The van der Waals surface area contributed by atoms with Gasteiger partial charge in [-0.2, -0.15) is 4.98 Å². The van der Waals surface area contributed by atoms with Crippen molar-refractivity contribution in [1.29, 1.82) is 0 Å². The van der Waals surface area contributed by atoms with Crippen molar-refractivity contribution in [3.8, 4) is 0 Å². The van der Waals surface area contributed by atoms with E-state index in [4.69, 9.17) is 14.3 Å². The van der Waals surface area contributed by atoms with Gasteiger partial charge in [-0.05, 0) is 18.9 Å². The lowest BCUT2D eigenvalue weighted by Gasteiger charge is -2.21. The minimum atomic E-state index is -0.151. The standard InChI is InChI=1S/C22H33N5O2/c1-5-23-21(24-13-19-25-20(29-26-19)22(2,3)4)27-12-11-18(14-27)16-28-15-17-9-7-6-8-10-17/h6-10,18H,5,11-16H2,1-4H3,(H,23,24). The van der Waals surface area contributed by atoms with Crippen molar-refractivity contribution in [3.63, 3.8) is 0 Å². The molecule has 0 radical (unpaired) electrons. The molecular formula is C22H33N5O2. The molecule has 1 aliphatic rings. The monoisotopic (exact) mass is 399 g/mol. The number of aliphatic imine (C=N–C) groups is 1. The van der Waals surface area contributed by atoms with E-state index in [1.165, 1.54) is 5.56 Å². The highest BCUT2D eigenvalue weighted by molar-refractivity contribution is 5.80. The zero-order valence-corrected chi connectivity index (χ0v) is 18.0. The van der Waals surface area contributed by atoms with Crippen LogP contribution in [0.15, 0.2) is 39.8 Å². The number of likely N-dealkylation sites (tertiary alicyclic amines) is 1. The van der Waals surface area contributed by atoms with Crippen LogP contribution in [0, 0.1) is 5.92 Å². The maximum atomic E-state index is 5.94. The molecule has 158 valence electrons. The van der Waals surface area contributed by atoms with Crippen molar-refractivity contribution in [3.05, 3.63) is 47.6 Å². The van der Waals surface area contributed by atoms with Crippen LogP contribution in [0.1, 0.15) is 51.4 Å². The third-order valence-electron chi connectivity index (χ3n) is 4.87. The Morgan fingerprint density at radius 1 is 1.31 bits per heavy atom. The van der Waals surface area contributed by atoms with Gasteiger partial charge in [0.1, 0.15) is 6.54 Å². The number of benzene rings is 1. The van der Waals surface area contributed by atoms with E-state index in [0.717, 1.165) is 38.6 Å². The Bertz CT molecular complexity index is 782. The van der Waals surface area contributed by atoms with E-state index in [-0.39, 0.29) is 5.41 Å². The van der Waals surface area contributed by atoms with Crippen LogP contribution in [0.2, 0.25) is 0 Å². The lowest BCUT2D eigenvalue weighted by molar-refractivity contribution is 0.0906. The Morgan fingerprint density at radius 3 is 2.79 bits per heavy atom. The largest absolute Gasteiger partial charge is 0.376 e. The number of guanidine groups is 1. The smallest absolute Gasteiger partial charge is 0.232 e. The molecule has 7 heteroatoms. The van der Waals surface area contributed by atoms with E-state index in [0.29, 0.717) is 30.8 Å². The molecule has 0 spiro atoms. The minimum absolute atomic E-state index is 0.151. The molecule has 1 aliphatic heterocycles. The fourth-order valence-electron chi connectivity index (χ4n) is 3.27. The van der Waals surface area contributed by atoms with E-state index in [9.17, 15) is 0 Å². The van der Waals surface area contributed by atoms with Gasteiger partial charge in [-0.25, -0.2) is 4.99 Å². The van der Waals surface area contributed by atoms with E-state index < -0.39 is 0 Å². The van der Waals surface area contributed by atoms with Crippen LogP contribution in [-0.2, 0) is 23.3 Å². The Kier molecular flexibility index (Phi) is 7.25. The first-order valence-corrected chi connectivity index (χ1v) is 10.4. The van der Waals surface area contributed by atoms with Gasteiger partial charge in [-0.3, -0.25) is 0 Å². The summed E-state index contributed by atoms with van der Waals surface area (Å²) in [6.07, 6.45) is 1.11. The maximum absolute atomic E-state index is 5.94. The van der Waals surface area contributed by atoms with Crippen LogP contribution >= 0.6 is 0 Å². The maximum Gasteiger partial charge on any atom is 0.232 e. The summed E-state index contributed by atoms with van der Waals surface area (Å²) in [6.45, 7) is 12.8. The Balaban J connectivity index is 1.51. The summed E-state index contributed by atoms with van der Waals surface area (Å²) >= 11 is 0. The molecule has 0 saturated carbocycles. The topological polar surface area (TPSA) is 75.8 Å². The summed E-state index contributed by atoms with van der Waals surface area (Å²) in [5.74, 6) is 2.68. The molecule has 1 aromatic heterocycles. The predicted molar refractivity (Wildman–Crippen MR) is 114 cm³/mol. The number of hydrogen-bond acceptors (Lipinski definition) is 5. The van der Waals surface area contributed by atoms with Crippen LogP contribution in [0.5, 0.6) is 0 Å². The second-order valence-electron chi connectivity index (χ2n) is 8.54. The van der Waals surface area contributed by atoms with Gasteiger partial charge >= 0.3 is 0 Å². The third kappa shape index (κ3) is 6.29. The summed E-state index contributed by atoms with van der Waals surface area (Å²) in [5.41, 5.74) is 1.06. The quantitative estimate of drug-likeness (QED) is 0.568. The highest BCUT2D eigenvalue weighted by Gasteiger charge is 2.25. The average molecular weight is 400 g/mol. The number of aromatic nitrogens is 2. The molecule has 7 nitrogen and oxygen atoms in total. The zero-order chi connectivity index (χ0) is 20.7. The van der Waals surface area contributed by atoms with E-state index in [1.807, 2.05) is 18.2 Å². The lowest BCUT2D eigenvalue weighted by atomic mass is 9.97. The third-order valence-corrected chi connectivity index (χ3v) is 4.87. The normalized spacial score (nSPS) is 17.7. The van der Waals surface area contributed by atoms with Gasteiger partial charge in [-0.1, -0.05) is 56.3 Å². The number of rotatable bonds is 7. The summed E-state index contributed by atoms with van der Waals surface area (Å²) in [7, 11) is 0. The first-order chi connectivity index (χ1) is 14.0. The lowest BCUT2D eigenvalue weighted by Crippen LogP contribution is -2.40. The first kappa shape index (κ1) is 21.3. The molecule has 1 fully saturated rings. The van der Waals surface area contributed by atoms with Crippen LogP contribution < -0.4 is 5.32 Å². The molecule has 3 rings (SSSR count). The fourth-order valence-corrected chi connectivity index (χ4v) is 3.27. The number of hydrogen-bond donors (Lipinski definition) is 1. The molecule has 1 atom stereocenters. The highest BCUT2D eigenvalue weighted by Crippen LogP contribution is 2.20. The molecule has 0 amide bonds. The van der Waals surface area contributed by atoms with Crippen LogP contribution in [-0.4, -0.2) is 47.2 Å². The van der Waals surface area contributed by atoms with Gasteiger partial charge in [0.05, 0.1) is 13.2 Å². The highest BCUT2D eigenvalue weighted by atomic mass is 16.5. The van der Waals surface area contributed by atoms with Crippen molar-refractivity contribution in [1.82, 2.24) is 20.4 Å². The van der Waals surface area contributed by atoms with Crippen molar-refractivity contribution in [2.75, 3.05) is 26.2 Å². The second-order valence-corrected chi connectivity index (χ2v) is 8.54. The fraction of sp³-hybridized carbons (Fsp3) is 0.591. The van der Waals surface area contributed by atoms with Crippen LogP contribution in [0.25, 0.3) is 0 Å². The van der Waals surface area contributed by atoms with E-state index in [1.54, 1.807) is 0 Å². The molecule has 1 aromatic carbocycles. The van der Waals surface area contributed by atoms with Gasteiger partial charge in [0.25, 0.3) is 0 Å². The van der Waals surface area contributed by atoms with Gasteiger partial charge in [0.2, 0.25) is 5.89 Å². The summed E-state index contributed by atoms with van der Waals surface area (Å²) < 4.78 is 11.3. The van der Waals surface area contributed by atoms with Crippen molar-refractivity contribution in [2.24, 2.45) is 10.9 Å². The number of ether oxygens (including phenoxy) is 1. The van der Waals surface area contributed by atoms with Crippen molar-refractivity contribution >= 4 is 5.96 Å². The van der Waals surface area contributed by atoms with Crippen molar-refractivity contribution in [2.45, 2.75) is 52.7 Å². The molecule has 0 aliphatic carbocycles. The van der Waals surface area contributed by atoms with Crippen molar-refractivity contribution < 1.29 is 9.26 Å². The Labute approximate surface area is 173 Å². The average Bonchev–Trinajstić information content (AvgIpc) is 3.36. The Morgan fingerprint density at radius 2 is 2.10 bits per heavy atom. The summed E-state index contributed by atoms with van der Waals surface area (Å²) in [5, 5.41) is 7.45. The van der Waals surface area contributed by atoms with Gasteiger partial charge < -0.3 is 19.5 Å².